The van der Waals surface area contributed by atoms with Crippen molar-refractivity contribution in [2.24, 2.45) is 5.73 Å². The second-order valence-electron chi connectivity index (χ2n) is 6.78. The third kappa shape index (κ3) is 3.32. The van der Waals surface area contributed by atoms with Gasteiger partial charge in [0, 0.05) is 0 Å². The Bertz CT molecular complexity index is 1090. The molecule has 0 radical (unpaired) electrons. The van der Waals surface area contributed by atoms with E-state index in [4.69, 9.17) is 16.2 Å². The van der Waals surface area contributed by atoms with E-state index in [1.54, 1.807) is 30.3 Å². The van der Waals surface area contributed by atoms with Gasteiger partial charge < -0.3 is 31.7 Å². The second-order valence-corrected chi connectivity index (χ2v) is 6.78. The number of aromatic nitrogens is 4. The Morgan fingerprint density at radius 2 is 1.93 bits per heavy atom. The van der Waals surface area contributed by atoms with Crippen molar-refractivity contribution < 1.29 is 24.5 Å². The summed E-state index contributed by atoms with van der Waals surface area (Å²) in [7, 11) is 0. The van der Waals surface area contributed by atoms with E-state index >= 15 is 0 Å². The summed E-state index contributed by atoms with van der Waals surface area (Å²) in [4.78, 5) is 36.3. The molecule has 0 saturated carbocycles. The zero-order valence-corrected chi connectivity index (χ0v) is 15.5. The number of anilines is 1. The van der Waals surface area contributed by atoms with E-state index in [1.807, 2.05) is 0 Å². The number of aliphatic carboxylic acids is 1. The molecule has 1 saturated heterocycles. The van der Waals surface area contributed by atoms with Crippen LogP contribution >= 0.6 is 0 Å². The smallest absolute Gasteiger partial charge is 0.335 e. The van der Waals surface area contributed by atoms with Gasteiger partial charge in [0.15, 0.2) is 23.8 Å². The minimum atomic E-state index is -1.52. The summed E-state index contributed by atoms with van der Waals surface area (Å²) in [6.07, 6.45) is -1.60. The molecule has 7 N–H and O–H groups in total. The molecule has 3 aromatic rings. The summed E-state index contributed by atoms with van der Waals surface area (Å²) in [5, 5.41) is 22.9. The first-order valence-corrected chi connectivity index (χ1v) is 8.98. The van der Waals surface area contributed by atoms with Gasteiger partial charge in [0.05, 0.1) is 12.4 Å². The van der Waals surface area contributed by atoms with Crippen LogP contribution in [-0.2, 0) is 14.3 Å². The van der Waals surface area contributed by atoms with Crippen LogP contribution in [0.5, 0.6) is 0 Å². The normalized spacial score (nSPS) is 24.6. The van der Waals surface area contributed by atoms with Crippen LogP contribution in [-0.4, -0.2) is 59.9 Å². The number of amides is 1. The fraction of sp³-hybridized carbons (Fsp3) is 0.278. The van der Waals surface area contributed by atoms with Crippen molar-refractivity contribution in [1.29, 1.82) is 0 Å². The van der Waals surface area contributed by atoms with Gasteiger partial charge in [-0.2, -0.15) is 0 Å². The quantitative estimate of drug-likeness (QED) is 0.344. The number of fused-ring (bicyclic) bond motifs is 1. The number of aliphatic hydroxyl groups excluding tert-OH is 1. The van der Waals surface area contributed by atoms with Crippen molar-refractivity contribution in [2.45, 2.75) is 30.5 Å². The highest BCUT2D eigenvalue weighted by molar-refractivity contribution is 5.85. The Kier molecular flexibility index (Phi) is 5.03. The van der Waals surface area contributed by atoms with Gasteiger partial charge in [-0.3, -0.25) is 9.36 Å². The highest BCUT2D eigenvalue weighted by atomic mass is 16.6. The van der Waals surface area contributed by atoms with Crippen LogP contribution in [0.3, 0.4) is 0 Å². The summed E-state index contributed by atoms with van der Waals surface area (Å²) >= 11 is 0. The Balaban J connectivity index is 1.60. The van der Waals surface area contributed by atoms with Gasteiger partial charge in [0.2, 0.25) is 5.91 Å². The number of hydrogen-bond acceptors (Lipinski definition) is 9. The fourth-order valence-corrected chi connectivity index (χ4v) is 3.40. The number of hydrogen-bond donors (Lipinski definition) is 5. The molecule has 1 aliphatic heterocycles. The number of rotatable bonds is 5. The monoisotopic (exact) mass is 413 g/mol. The number of nitrogens with two attached hydrogens (primary N) is 2. The topological polar surface area (TPSA) is 192 Å². The molecule has 4 rings (SSSR count). The van der Waals surface area contributed by atoms with Gasteiger partial charge in [0.1, 0.15) is 24.0 Å². The molecule has 156 valence electrons. The molecule has 0 spiro atoms. The summed E-state index contributed by atoms with van der Waals surface area (Å²) < 4.78 is 6.89. The summed E-state index contributed by atoms with van der Waals surface area (Å²) in [6.45, 7) is 0. The number of ether oxygens (including phenoxy) is 1. The predicted molar refractivity (Wildman–Crippen MR) is 103 cm³/mol. The van der Waals surface area contributed by atoms with Gasteiger partial charge in [-0.1, -0.05) is 30.3 Å². The minimum absolute atomic E-state index is 0.125. The van der Waals surface area contributed by atoms with Gasteiger partial charge in [-0.05, 0) is 5.56 Å². The van der Waals surface area contributed by atoms with E-state index in [2.05, 4.69) is 20.3 Å². The van der Waals surface area contributed by atoms with Crippen molar-refractivity contribution in [3.63, 3.8) is 0 Å². The summed E-state index contributed by atoms with van der Waals surface area (Å²) in [5.74, 6) is -1.88. The van der Waals surface area contributed by atoms with E-state index in [1.165, 1.54) is 17.2 Å². The summed E-state index contributed by atoms with van der Waals surface area (Å²) in [6, 6.07) is 6.27. The number of imidazole rings is 1. The van der Waals surface area contributed by atoms with Crippen LogP contribution in [0.2, 0.25) is 0 Å². The second kappa shape index (κ2) is 7.67. The predicted octanol–water partition coefficient (Wildman–Crippen LogP) is -1.06. The van der Waals surface area contributed by atoms with Crippen LogP contribution in [0.25, 0.3) is 11.2 Å². The number of carboxylic acids is 1. The van der Waals surface area contributed by atoms with Crippen molar-refractivity contribution >= 4 is 28.9 Å². The number of carbonyl (C=O) groups is 2. The highest BCUT2D eigenvalue weighted by Crippen LogP contribution is 2.32. The molecule has 1 amide bonds. The third-order valence-electron chi connectivity index (χ3n) is 4.93. The number of nitrogens with one attached hydrogen (secondary N) is 1. The molecule has 0 aliphatic carbocycles. The average molecular weight is 413 g/mol. The molecule has 12 heteroatoms. The first kappa shape index (κ1) is 19.7. The maximum Gasteiger partial charge on any atom is 0.335 e. The van der Waals surface area contributed by atoms with Crippen LogP contribution in [0.15, 0.2) is 43.0 Å². The number of benzene rings is 1. The molecule has 1 aromatic carbocycles. The number of carbonyl (C=O) groups excluding carboxylic acids is 1. The lowest BCUT2D eigenvalue weighted by atomic mass is 10.0. The van der Waals surface area contributed by atoms with E-state index in [0.29, 0.717) is 5.56 Å². The largest absolute Gasteiger partial charge is 0.479 e. The third-order valence-corrected chi connectivity index (χ3v) is 4.93. The van der Waals surface area contributed by atoms with Crippen molar-refractivity contribution in [1.82, 2.24) is 24.8 Å². The SMILES string of the molecule is Nc1ncnc2c1ncn2[C@@H]1O[C@H](C(=O)O)[C@@H](NC(=O)C(N)c2ccccc2)[C@H]1O. The molecular weight excluding hydrogens is 394 g/mol. The lowest BCUT2D eigenvalue weighted by Gasteiger charge is -2.22. The lowest BCUT2D eigenvalue weighted by molar-refractivity contribution is -0.152. The zero-order valence-electron chi connectivity index (χ0n) is 15.5. The first-order valence-electron chi connectivity index (χ1n) is 8.98. The van der Waals surface area contributed by atoms with Crippen molar-refractivity contribution in [3.8, 4) is 0 Å². The van der Waals surface area contributed by atoms with E-state index in [0.717, 1.165) is 0 Å². The minimum Gasteiger partial charge on any atom is -0.479 e. The molecule has 30 heavy (non-hydrogen) atoms. The number of aliphatic hydroxyl groups is 1. The van der Waals surface area contributed by atoms with Gasteiger partial charge >= 0.3 is 5.97 Å². The Morgan fingerprint density at radius 1 is 1.20 bits per heavy atom. The Hall–Kier alpha value is -3.61. The van der Waals surface area contributed by atoms with Crippen LogP contribution in [0.1, 0.15) is 17.8 Å². The van der Waals surface area contributed by atoms with Gasteiger partial charge in [-0.15, -0.1) is 0 Å². The van der Waals surface area contributed by atoms with Crippen LogP contribution in [0, 0.1) is 0 Å². The van der Waals surface area contributed by atoms with Crippen LogP contribution in [0.4, 0.5) is 5.82 Å². The maximum absolute atomic E-state index is 12.6. The number of carboxylic acid groups (broad SMARTS) is 1. The molecule has 1 unspecified atom stereocenters. The first-order chi connectivity index (χ1) is 14.4. The molecule has 5 atom stereocenters. The molecule has 1 fully saturated rings. The maximum atomic E-state index is 12.6. The Labute approximate surface area is 169 Å². The molecule has 0 bridgehead atoms. The number of nitrogen functional groups attached to an aromatic ring is 1. The fourth-order valence-electron chi connectivity index (χ4n) is 3.40. The average Bonchev–Trinajstić information content (AvgIpc) is 3.30. The van der Waals surface area contributed by atoms with E-state index in [-0.39, 0.29) is 17.0 Å². The van der Waals surface area contributed by atoms with E-state index in [9.17, 15) is 19.8 Å². The molecule has 12 nitrogen and oxygen atoms in total. The van der Waals surface area contributed by atoms with Crippen molar-refractivity contribution in [2.75, 3.05) is 5.73 Å². The van der Waals surface area contributed by atoms with E-state index < -0.39 is 42.4 Å². The lowest BCUT2D eigenvalue weighted by Crippen LogP contribution is -2.51. The Morgan fingerprint density at radius 3 is 2.63 bits per heavy atom. The summed E-state index contributed by atoms with van der Waals surface area (Å²) in [5.41, 5.74) is 12.8. The zero-order chi connectivity index (χ0) is 21.4. The highest BCUT2D eigenvalue weighted by Gasteiger charge is 2.49. The standard InChI is InChI=1S/C18H19N7O5/c19-9(8-4-2-1-3-5-8)16(27)24-10-12(26)17(30-13(10)18(28)29)25-7-23-11-14(20)21-6-22-15(11)25/h1-7,9-10,12-13,17,26H,19H2,(H,24,27)(H,28,29)(H2,20,21,22)/t9?,10-,12+,13-,17+/m0/s1. The van der Waals surface area contributed by atoms with Crippen LogP contribution < -0.4 is 16.8 Å². The molecule has 3 heterocycles. The van der Waals surface area contributed by atoms with Crippen molar-refractivity contribution in [3.05, 3.63) is 48.5 Å². The molecular formula is C18H19N7O5. The molecule has 1 aliphatic rings. The van der Waals surface area contributed by atoms with Gasteiger partial charge in [-0.25, -0.2) is 19.7 Å². The molecule has 2 aromatic heterocycles. The van der Waals surface area contributed by atoms with Gasteiger partial charge in [0.25, 0.3) is 0 Å². The number of nitrogens with zero attached hydrogens (tertiary/aromatic N) is 4.